The Morgan fingerprint density at radius 1 is 0.913 bits per heavy atom. The zero-order valence-corrected chi connectivity index (χ0v) is 12.6. The molecule has 0 bridgehead atoms. The molecule has 2 saturated heterocycles. The summed E-state index contributed by atoms with van der Waals surface area (Å²) in [7, 11) is 1.30. The van der Waals surface area contributed by atoms with Crippen LogP contribution in [0.25, 0.3) is 0 Å². The van der Waals surface area contributed by atoms with Crippen LogP contribution in [0, 0.1) is 0 Å². The summed E-state index contributed by atoms with van der Waals surface area (Å²) in [6, 6.07) is 0. The summed E-state index contributed by atoms with van der Waals surface area (Å²) in [6.07, 6.45) is -10.7. The Morgan fingerprint density at radius 3 is 2.09 bits per heavy atom. The molecule has 0 spiro atoms. The van der Waals surface area contributed by atoms with Crippen LogP contribution in [0.1, 0.15) is 6.42 Å². The molecule has 0 saturated carbocycles. The molecule has 136 valence electrons. The van der Waals surface area contributed by atoms with Crippen LogP contribution in [0.4, 0.5) is 0 Å². The lowest BCUT2D eigenvalue weighted by atomic mass is 9.98. The molecule has 2 aliphatic heterocycles. The highest BCUT2D eigenvalue weighted by atomic mass is 16.7. The van der Waals surface area contributed by atoms with E-state index in [0.717, 1.165) is 0 Å². The van der Waals surface area contributed by atoms with Crippen molar-refractivity contribution < 1.29 is 49.6 Å². The van der Waals surface area contributed by atoms with Gasteiger partial charge in [0.2, 0.25) is 0 Å². The van der Waals surface area contributed by atoms with Crippen LogP contribution in [-0.4, -0.2) is 106 Å². The monoisotopic (exact) mass is 340 g/mol. The Hall–Kier alpha value is -0.400. The van der Waals surface area contributed by atoms with Gasteiger partial charge in [-0.2, -0.15) is 0 Å². The predicted octanol–water partition coefficient (Wildman–Crippen LogP) is -3.71. The first-order chi connectivity index (χ1) is 10.9. The number of ether oxygens (including phenoxy) is 4. The quantitative estimate of drug-likeness (QED) is 0.294. The molecule has 0 aliphatic carbocycles. The van der Waals surface area contributed by atoms with Crippen molar-refractivity contribution in [3.8, 4) is 0 Å². The third kappa shape index (κ3) is 3.99. The SMILES string of the molecule is CO[C@H]1O[C@H](CO)[C@@H](O)[C@H](O)[C@H]1O[C@H]1C[C@@H](O)[C@H](O)[C@@H](CO)O1. The zero-order chi connectivity index (χ0) is 17.1. The van der Waals surface area contributed by atoms with Gasteiger partial charge in [0, 0.05) is 13.5 Å². The van der Waals surface area contributed by atoms with E-state index >= 15 is 0 Å². The molecule has 0 radical (unpaired) electrons. The van der Waals surface area contributed by atoms with Crippen LogP contribution in [-0.2, 0) is 18.9 Å². The fraction of sp³-hybridized carbons (Fsp3) is 1.00. The minimum absolute atomic E-state index is 0.100. The molecule has 0 aromatic carbocycles. The lowest BCUT2D eigenvalue weighted by Crippen LogP contribution is -2.61. The van der Waals surface area contributed by atoms with E-state index in [4.69, 9.17) is 29.2 Å². The maximum atomic E-state index is 10.1. The van der Waals surface area contributed by atoms with Crippen molar-refractivity contribution in [1.82, 2.24) is 0 Å². The van der Waals surface area contributed by atoms with Crippen molar-refractivity contribution in [3.05, 3.63) is 0 Å². The molecule has 23 heavy (non-hydrogen) atoms. The number of rotatable bonds is 5. The van der Waals surface area contributed by atoms with Crippen molar-refractivity contribution in [2.45, 2.75) is 61.7 Å². The molecule has 2 rings (SSSR count). The van der Waals surface area contributed by atoms with Crippen molar-refractivity contribution in [2.24, 2.45) is 0 Å². The second-order valence-corrected chi connectivity index (χ2v) is 5.62. The number of aliphatic hydroxyl groups excluding tert-OH is 6. The molecule has 0 amide bonds. The van der Waals surface area contributed by atoms with Crippen LogP contribution >= 0.6 is 0 Å². The second kappa shape index (κ2) is 8.12. The normalized spacial score (nSPS) is 48.4. The molecule has 6 N–H and O–H groups in total. The van der Waals surface area contributed by atoms with Gasteiger partial charge in [0.05, 0.1) is 19.3 Å². The molecule has 0 unspecified atom stereocenters. The third-order valence-electron chi connectivity index (χ3n) is 4.08. The van der Waals surface area contributed by atoms with E-state index in [2.05, 4.69) is 0 Å². The molecular weight excluding hydrogens is 316 g/mol. The van der Waals surface area contributed by atoms with Gasteiger partial charge in [-0.25, -0.2) is 0 Å². The van der Waals surface area contributed by atoms with E-state index in [1.54, 1.807) is 0 Å². The average molecular weight is 340 g/mol. The molecule has 9 atom stereocenters. The highest BCUT2D eigenvalue weighted by molar-refractivity contribution is 4.91. The van der Waals surface area contributed by atoms with Crippen LogP contribution in [0.15, 0.2) is 0 Å². The number of hydrogen-bond acceptors (Lipinski definition) is 10. The van der Waals surface area contributed by atoms with Crippen LogP contribution in [0.5, 0.6) is 0 Å². The summed E-state index contributed by atoms with van der Waals surface area (Å²) >= 11 is 0. The Labute approximate surface area is 132 Å². The summed E-state index contributed by atoms with van der Waals surface area (Å²) in [5.74, 6) is 0. The van der Waals surface area contributed by atoms with E-state index in [1.165, 1.54) is 7.11 Å². The lowest BCUT2D eigenvalue weighted by molar-refractivity contribution is -0.347. The average Bonchev–Trinajstić information content (AvgIpc) is 2.55. The lowest BCUT2D eigenvalue weighted by Gasteiger charge is -2.44. The molecule has 2 aliphatic rings. The molecule has 0 aromatic rings. The zero-order valence-electron chi connectivity index (χ0n) is 12.6. The van der Waals surface area contributed by atoms with Crippen molar-refractivity contribution in [3.63, 3.8) is 0 Å². The molecule has 2 fully saturated rings. The summed E-state index contributed by atoms with van der Waals surface area (Å²) in [5.41, 5.74) is 0. The van der Waals surface area contributed by atoms with Crippen LogP contribution in [0.3, 0.4) is 0 Å². The maximum absolute atomic E-state index is 10.1. The van der Waals surface area contributed by atoms with Crippen molar-refractivity contribution in [2.75, 3.05) is 20.3 Å². The van der Waals surface area contributed by atoms with Gasteiger partial charge in [0.15, 0.2) is 12.6 Å². The van der Waals surface area contributed by atoms with Gasteiger partial charge >= 0.3 is 0 Å². The Bertz CT molecular complexity index is 367. The standard InChI is InChI=1S/C13H24O10/c1-20-13-12(11(19)10(18)7(4-15)22-13)23-8-2-5(16)9(17)6(3-14)21-8/h5-19H,2-4H2,1H3/t5-,6-,7-,8+,9+,10-,11+,12-,13+/m1/s1. The van der Waals surface area contributed by atoms with Crippen molar-refractivity contribution >= 4 is 0 Å². The molecule has 10 nitrogen and oxygen atoms in total. The van der Waals surface area contributed by atoms with E-state index in [9.17, 15) is 20.4 Å². The summed E-state index contributed by atoms with van der Waals surface area (Å²) in [6.45, 7) is -1.03. The fourth-order valence-corrected chi connectivity index (χ4v) is 2.72. The molecular formula is C13H24O10. The molecule has 0 aromatic heterocycles. The van der Waals surface area contributed by atoms with Gasteiger partial charge < -0.3 is 49.6 Å². The minimum Gasteiger partial charge on any atom is -0.394 e. The highest BCUT2D eigenvalue weighted by Gasteiger charge is 2.48. The topological polar surface area (TPSA) is 158 Å². The number of methoxy groups -OCH3 is 1. The van der Waals surface area contributed by atoms with Crippen LogP contribution in [0.2, 0.25) is 0 Å². The third-order valence-corrected chi connectivity index (χ3v) is 4.08. The number of aliphatic hydroxyl groups is 6. The smallest absolute Gasteiger partial charge is 0.186 e. The van der Waals surface area contributed by atoms with Crippen molar-refractivity contribution in [1.29, 1.82) is 0 Å². The molecule has 10 heteroatoms. The Kier molecular flexibility index (Phi) is 6.68. The highest BCUT2D eigenvalue weighted by Crippen LogP contribution is 2.28. The Morgan fingerprint density at radius 2 is 1.52 bits per heavy atom. The first-order valence-corrected chi connectivity index (χ1v) is 7.36. The largest absolute Gasteiger partial charge is 0.394 e. The second-order valence-electron chi connectivity index (χ2n) is 5.62. The van der Waals surface area contributed by atoms with Gasteiger partial charge in [-0.1, -0.05) is 0 Å². The van der Waals surface area contributed by atoms with Gasteiger partial charge in [0.25, 0.3) is 0 Å². The first kappa shape index (κ1) is 18.9. The van der Waals surface area contributed by atoms with Crippen LogP contribution < -0.4 is 0 Å². The summed E-state index contributed by atoms with van der Waals surface area (Å²) < 4.78 is 21.2. The van der Waals surface area contributed by atoms with E-state index in [1.807, 2.05) is 0 Å². The van der Waals surface area contributed by atoms with E-state index in [-0.39, 0.29) is 6.42 Å². The Balaban J connectivity index is 2.05. The maximum Gasteiger partial charge on any atom is 0.186 e. The van der Waals surface area contributed by atoms with Gasteiger partial charge in [0.1, 0.15) is 36.6 Å². The first-order valence-electron chi connectivity index (χ1n) is 7.36. The van der Waals surface area contributed by atoms with Gasteiger partial charge in [-0.3, -0.25) is 0 Å². The number of hydrogen-bond donors (Lipinski definition) is 6. The van der Waals surface area contributed by atoms with E-state index in [0.29, 0.717) is 0 Å². The summed E-state index contributed by atoms with van der Waals surface area (Å²) in [5, 5.41) is 57.8. The summed E-state index contributed by atoms with van der Waals surface area (Å²) in [4.78, 5) is 0. The molecule has 2 heterocycles. The van der Waals surface area contributed by atoms with Gasteiger partial charge in [-0.05, 0) is 0 Å². The van der Waals surface area contributed by atoms with E-state index < -0.39 is 68.5 Å². The minimum atomic E-state index is -1.42. The predicted molar refractivity (Wildman–Crippen MR) is 72.0 cm³/mol. The van der Waals surface area contributed by atoms with Gasteiger partial charge in [-0.15, -0.1) is 0 Å². The fourth-order valence-electron chi connectivity index (χ4n) is 2.72.